The van der Waals surface area contributed by atoms with Crippen LogP contribution in [0.15, 0.2) is 6.07 Å². The van der Waals surface area contributed by atoms with Crippen LogP contribution >= 0.6 is 0 Å². The summed E-state index contributed by atoms with van der Waals surface area (Å²) in [6.45, 7) is 4.43. The van der Waals surface area contributed by atoms with Crippen LogP contribution in [0.25, 0.3) is 0 Å². The highest BCUT2D eigenvalue weighted by molar-refractivity contribution is 5.32. The zero-order valence-electron chi connectivity index (χ0n) is 11.7. The van der Waals surface area contributed by atoms with Crippen LogP contribution in [0.4, 0.5) is 5.95 Å². The lowest BCUT2D eigenvalue weighted by Gasteiger charge is -2.22. The Morgan fingerprint density at radius 1 is 1.32 bits per heavy atom. The normalized spacial score (nSPS) is 23.7. The monoisotopic (exact) mass is 265 g/mol. The Labute approximate surface area is 114 Å². The molecule has 2 atom stereocenters. The van der Waals surface area contributed by atoms with E-state index in [9.17, 15) is 5.11 Å². The molecular weight excluding hydrogens is 242 g/mol. The maximum Gasteiger partial charge on any atom is 0.226 e. The van der Waals surface area contributed by atoms with Crippen molar-refractivity contribution >= 4 is 5.95 Å². The van der Waals surface area contributed by atoms with E-state index in [-0.39, 0.29) is 12.1 Å². The highest BCUT2D eigenvalue weighted by Crippen LogP contribution is 2.21. The van der Waals surface area contributed by atoms with Gasteiger partial charge in [0.15, 0.2) is 0 Å². The van der Waals surface area contributed by atoms with E-state index in [2.05, 4.69) is 15.3 Å². The third-order valence-corrected chi connectivity index (χ3v) is 3.42. The number of aliphatic hydroxyl groups is 1. The molecule has 1 aromatic rings. The van der Waals surface area contributed by atoms with Crippen molar-refractivity contribution in [2.24, 2.45) is 0 Å². The van der Waals surface area contributed by atoms with Crippen LogP contribution in [0.1, 0.15) is 44.7 Å². The first-order valence-corrected chi connectivity index (χ1v) is 7.12. The lowest BCUT2D eigenvalue weighted by atomic mass is 10.1. The Balaban J connectivity index is 2.08. The summed E-state index contributed by atoms with van der Waals surface area (Å²) in [5, 5.41) is 13.4. The Bertz CT molecular complexity index is 412. The molecule has 1 aromatic heterocycles. The molecule has 0 amide bonds. The lowest BCUT2D eigenvalue weighted by molar-refractivity contribution is 0.144. The number of anilines is 1. The Kier molecular flexibility index (Phi) is 4.96. The topological polar surface area (TPSA) is 67.3 Å². The molecule has 106 valence electrons. The minimum Gasteiger partial charge on any atom is -0.478 e. The molecule has 0 radical (unpaired) electrons. The predicted octanol–water partition coefficient (Wildman–Crippen LogP) is 2.29. The van der Waals surface area contributed by atoms with Crippen LogP contribution in [-0.4, -0.2) is 33.8 Å². The fourth-order valence-electron chi connectivity index (χ4n) is 2.45. The molecule has 1 fully saturated rings. The largest absolute Gasteiger partial charge is 0.478 e. The van der Waals surface area contributed by atoms with Gasteiger partial charge in [-0.05, 0) is 26.7 Å². The Hall–Kier alpha value is -1.36. The first-order chi connectivity index (χ1) is 9.19. The molecule has 0 saturated heterocycles. The number of rotatable bonds is 4. The molecule has 1 saturated carbocycles. The molecule has 1 aliphatic rings. The molecule has 5 heteroatoms. The minimum absolute atomic E-state index is 0.0405. The summed E-state index contributed by atoms with van der Waals surface area (Å²) in [6, 6.07) is 1.86. The van der Waals surface area contributed by atoms with Gasteiger partial charge in [-0.25, -0.2) is 4.98 Å². The number of hydrogen-bond acceptors (Lipinski definition) is 5. The highest BCUT2D eigenvalue weighted by atomic mass is 16.5. The van der Waals surface area contributed by atoms with Gasteiger partial charge in [0.25, 0.3) is 0 Å². The molecule has 0 spiro atoms. The second kappa shape index (κ2) is 6.70. The number of hydrogen-bond donors (Lipinski definition) is 2. The summed E-state index contributed by atoms with van der Waals surface area (Å²) in [5.74, 6) is 1.13. The molecule has 5 nitrogen and oxygen atoms in total. The van der Waals surface area contributed by atoms with Gasteiger partial charge in [0.2, 0.25) is 11.8 Å². The average Bonchev–Trinajstić information content (AvgIpc) is 2.55. The average molecular weight is 265 g/mol. The van der Waals surface area contributed by atoms with Crippen molar-refractivity contribution in [3.8, 4) is 5.88 Å². The zero-order valence-corrected chi connectivity index (χ0v) is 11.7. The van der Waals surface area contributed by atoms with Crippen LogP contribution in [0.5, 0.6) is 5.88 Å². The van der Waals surface area contributed by atoms with Gasteiger partial charge >= 0.3 is 0 Å². The second-order valence-corrected chi connectivity index (χ2v) is 5.06. The SMILES string of the molecule is CCOc1cc(C)nc(NC2CCCCCC2O)n1. The van der Waals surface area contributed by atoms with E-state index in [4.69, 9.17) is 4.74 Å². The molecule has 0 bridgehead atoms. The van der Waals surface area contributed by atoms with Crippen molar-refractivity contribution in [3.63, 3.8) is 0 Å². The van der Waals surface area contributed by atoms with E-state index in [1.807, 2.05) is 19.9 Å². The van der Waals surface area contributed by atoms with Crippen molar-refractivity contribution < 1.29 is 9.84 Å². The maximum atomic E-state index is 10.1. The van der Waals surface area contributed by atoms with Gasteiger partial charge in [-0.15, -0.1) is 0 Å². The summed E-state index contributed by atoms with van der Waals surface area (Å²) in [5.41, 5.74) is 0.865. The number of aromatic nitrogens is 2. The van der Waals surface area contributed by atoms with Crippen molar-refractivity contribution in [2.45, 2.75) is 58.1 Å². The molecule has 0 aliphatic heterocycles. The predicted molar refractivity (Wildman–Crippen MR) is 74.4 cm³/mol. The number of aliphatic hydroxyl groups excluding tert-OH is 1. The van der Waals surface area contributed by atoms with E-state index >= 15 is 0 Å². The van der Waals surface area contributed by atoms with E-state index < -0.39 is 0 Å². The van der Waals surface area contributed by atoms with Crippen LogP contribution < -0.4 is 10.1 Å². The number of nitrogens with zero attached hydrogens (tertiary/aromatic N) is 2. The standard InChI is InChI=1S/C14H23N3O2/c1-3-19-13-9-10(2)15-14(17-13)16-11-7-5-4-6-8-12(11)18/h9,11-12,18H,3-8H2,1-2H3,(H,15,16,17). The maximum absolute atomic E-state index is 10.1. The van der Waals surface area contributed by atoms with Crippen molar-refractivity contribution in [2.75, 3.05) is 11.9 Å². The van der Waals surface area contributed by atoms with Gasteiger partial charge in [-0.2, -0.15) is 4.98 Å². The van der Waals surface area contributed by atoms with Gasteiger partial charge in [0.1, 0.15) is 0 Å². The Morgan fingerprint density at radius 3 is 2.89 bits per heavy atom. The highest BCUT2D eigenvalue weighted by Gasteiger charge is 2.22. The van der Waals surface area contributed by atoms with Gasteiger partial charge in [-0.1, -0.05) is 19.3 Å². The molecule has 2 N–H and O–H groups in total. The zero-order chi connectivity index (χ0) is 13.7. The number of ether oxygens (including phenoxy) is 1. The van der Waals surface area contributed by atoms with Crippen LogP contribution in [0.3, 0.4) is 0 Å². The lowest BCUT2D eigenvalue weighted by Crippen LogP contribution is -2.33. The van der Waals surface area contributed by atoms with E-state index in [0.717, 1.165) is 31.4 Å². The summed E-state index contributed by atoms with van der Waals surface area (Å²) in [4.78, 5) is 8.69. The van der Waals surface area contributed by atoms with Gasteiger partial charge < -0.3 is 15.2 Å². The molecule has 19 heavy (non-hydrogen) atoms. The van der Waals surface area contributed by atoms with E-state index in [1.165, 1.54) is 6.42 Å². The molecule has 1 aliphatic carbocycles. The summed E-state index contributed by atoms with van der Waals surface area (Å²) < 4.78 is 5.41. The van der Waals surface area contributed by atoms with Gasteiger partial charge in [0, 0.05) is 11.8 Å². The van der Waals surface area contributed by atoms with Crippen molar-refractivity contribution in [1.29, 1.82) is 0 Å². The third kappa shape index (κ3) is 4.06. The van der Waals surface area contributed by atoms with Crippen molar-refractivity contribution in [1.82, 2.24) is 9.97 Å². The van der Waals surface area contributed by atoms with Crippen molar-refractivity contribution in [3.05, 3.63) is 11.8 Å². The molecule has 0 aromatic carbocycles. The van der Waals surface area contributed by atoms with E-state index in [0.29, 0.717) is 18.4 Å². The second-order valence-electron chi connectivity index (χ2n) is 5.06. The quantitative estimate of drug-likeness (QED) is 0.818. The van der Waals surface area contributed by atoms with E-state index in [1.54, 1.807) is 0 Å². The van der Waals surface area contributed by atoms with Gasteiger partial charge in [0.05, 0.1) is 18.8 Å². The smallest absolute Gasteiger partial charge is 0.226 e. The molecular formula is C14H23N3O2. The number of nitrogens with one attached hydrogen (secondary N) is 1. The number of aryl methyl sites for hydroxylation is 1. The fraction of sp³-hybridized carbons (Fsp3) is 0.714. The fourth-order valence-corrected chi connectivity index (χ4v) is 2.45. The summed E-state index contributed by atoms with van der Waals surface area (Å²) >= 11 is 0. The first-order valence-electron chi connectivity index (χ1n) is 7.12. The van der Waals surface area contributed by atoms with Crippen LogP contribution in [-0.2, 0) is 0 Å². The molecule has 1 heterocycles. The van der Waals surface area contributed by atoms with Crippen LogP contribution in [0, 0.1) is 6.92 Å². The molecule has 2 unspecified atom stereocenters. The minimum atomic E-state index is -0.317. The Morgan fingerprint density at radius 2 is 2.11 bits per heavy atom. The van der Waals surface area contributed by atoms with Crippen LogP contribution in [0.2, 0.25) is 0 Å². The molecule has 2 rings (SSSR count). The first kappa shape index (κ1) is 14.1. The summed E-state index contributed by atoms with van der Waals surface area (Å²) in [6.07, 6.45) is 4.91. The van der Waals surface area contributed by atoms with Gasteiger partial charge in [-0.3, -0.25) is 0 Å². The third-order valence-electron chi connectivity index (χ3n) is 3.42. The summed E-state index contributed by atoms with van der Waals surface area (Å²) in [7, 11) is 0.